The van der Waals surface area contributed by atoms with Gasteiger partial charge in [-0.1, -0.05) is 48.5 Å². The molecule has 0 aliphatic rings. The van der Waals surface area contributed by atoms with E-state index < -0.39 is 0 Å². The first-order chi connectivity index (χ1) is 13.9. The van der Waals surface area contributed by atoms with E-state index in [0.717, 1.165) is 22.6 Å². The normalized spacial score (nSPS) is 11.6. The molecule has 0 saturated heterocycles. The molecule has 3 heterocycles. The molecule has 0 radical (unpaired) electrons. The molecule has 132 valence electrons. The Morgan fingerprint density at radius 3 is 2.54 bits per heavy atom. The SMILES string of the molecule is c1ccc(-n2c(-c3cccc4c3sc3ccccc34)nc3ncncc32)cc1. The molecular formula is C23H14N4S. The maximum Gasteiger partial charge on any atom is 0.181 e. The molecule has 0 amide bonds. The summed E-state index contributed by atoms with van der Waals surface area (Å²) in [7, 11) is 0. The van der Waals surface area contributed by atoms with Crippen LogP contribution >= 0.6 is 11.3 Å². The lowest BCUT2D eigenvalue weighted by Crippen LogP contribution is -1.97. The first-order valence-electron chi connectivity index (χ1n) is 9.05. The molecule has 0 atom stereocenters. The zero-order chi connectivity index (χ0) is 18.5. The molecule has 0 aliphatic heterocycles. The number of imidazole rings is 1. The van der Waals surface area contributed by atoms with E-state index in [9.17, 15) is 0 Å². The van der Waals surface area contributed by atoms with Crippen LogP contribution in [0.5, 0.6) is 0 Å². The van der Waals surface area contributed by atoms with Crippen molar-refractivity contribution in [3.05, 3.63) is 85.3 Å². The van der Waals surface area contributed by atoms with Gasteiger partial charge in [0.25, 0.3) is 0 Å². The third kappa shape index (κ3) is 2.20. The number of hydrogen-bond donors (Lipinski definition) is 0. The number of hydrogen-bond acceptors (Lipinski definition) is 4. The number of fused-ring (bicyclic) bond motifs is 4. The van der Waals surface area contributed by atoms with Gasteiger partial charge in [0, 0.05) is 31.4 Å². The molecule has 0 unspecified atom stereocenters. The van der Waals surface area contributed by atoms with Gasteiger partial charge in [-0.05, 0) is 24.3 Å². The van der Waals surface area contributed by atoms with E-state index in [1.165, 1.54) is 20.2 Å². The molecule has 0 spiro atoms. The van der Waals surface area contributed by atoms with Crippen LogP contribution in [0, 0.1) is 0 Å². The molecule has 6 aromatic rings. The summed E-state index contributed by atoms with van der Waals surface area (Å²) in [5.74, 6) is 0.888. The van der Waals surface area contributed by atoms with Crippen LogP contribution in [-0.4, -0.2) is 19.5 Å². The van der Waals surface area contributed by atoms with Crippen molar-refractivity contribution in [2.24, 2.45) is 0 Å². The van der Waals surface area contributed by atoms with Crippen molar-refractivity contribution in [2.45, 2.75) is 0 Å². The monoisotopic (exact) mass is 378 g/mol. The van der Waals surface area contributed by atoms with Crippen LogP contribution in [0.2, 0.25) is 0 Å². The summed E-state index contributed by atoms with van der Waals surface area (Å²) in [5, 5.41) is 2.54. The van der Waals surface area contributed by atoms with Gasteiger partial charge in [-0.15, -0.1) is 11.3 Å². The number of thiophene rings is 1. The molecule has 0 bridgehead atoms. The van der Waals surface area contributed by atoms with Crippen molar-refractivity contribution >= 4 is 42.7 Å². The molecule has 0 fully saturated rings. The van der Waals surface area contributed by atoms with Crippen LogP contribution in [0.15, 0.2) is 85.3 Å². The Kier molecular flexibility index (Phi) is 3.30. The Bertz CT molecular complexity index is 1460. The van der Waals surface area contributed by atoms with Crippen LogP contribution in [-0.2, 0) is 0 Å². The van der Waals surface area contributed by atoms with Crippen LogP contribution in [0.3, 0.4) is 0 Å². The molecule has 0 N–H and O–H groups in total. The fraction of sp³-hybridized carbons (Fsp3) is 0. The lowest BCUT2D eigenvalue weighted by Gasteiger charge is -2.09. The summed E-state index contributed by atoms with van der Waals surface area (Å²) in [5.41, 5.74) is 3.77. The van der Waals surface area contributed by atoms with Gasteiger partial charge >= 0.3 is 0 Å². The second-order valence-electron chi connectivity index (χ2n) is 6.62. The minimum absolute atomic E-state index is 0.701. The van der Waals surface area contributed by atoms with Crippen molar-refractivity contribution < 1.29 is 0 Å². The van der Waals surface area contributed by atoms with Gasteiger partial charge in [0.2, 0.25) is 0 Å². The van der Waals surface area contributed by atoms with Crippen LogP contribution in [0.1, 0.15) is 0 Å². The van der Waals surface area contributed by atoms with E-state index in [1.807, 2.05) is 35.7 Å². The minimum atomic E-state index is 0.701. The molecule has 3 aromatic heterocycles. The summed E-state index contributed by atoms with van der Waals surface area (Å²) in [6, 6.07) is 25.2. The third-order valence-corrected chi connectivity index (χ3v) is 6.22. The fourth-order valence-corrected chi connectivity index (χ4v) is 4.98. The maximum absolute atomic E-state index is 4.90. The summed E-state index contributed by atoms with van der Waals surface area (Å²) in [6.07, 6.45) is 3.38. The van der Waals surface area contributed by atoms with Crippen molar-refractivity contribution in [2.75, 3.05) is 0 Å². The van der Waals surface area contributed by atoms with E-state index in [0.29, 0.717) is 5.65 Å². The van der Waals surface area contributed by atoms with Gasteiger partial charge in [0.1, 0.15) is 17.7 Å². The van der Waals surface area contributed by atoms with Gasteiger partial charge in [0.15, 0.2) is 5.65 Å². The topological polar surface area (TPSA) is 43.6 Å². The highest BCUT2D eigenvalue weighted by Crippen LogP contribution is 2.40. The number of nitrogens with zero attached hydrogens (tertiary/aromatic N) is 4. The predicted octanol–water partition coefficient (Wildman–Crippen LogP) is 5.85. The standard InChI is InChI=1S/C23H14N4S/c1-2-7-15(8-3-1)27-19-13-24-14-25-22(19)26-23(27)18-11-6-10-17-16-9-4-5-12-20(16)28-21(17)18/h1-14H. The third-order valence-electron chi connectivity index (χ3n) is 5.00. The highest BCUT2D eigenvalue weighted by atomic mass is 32.1. The number of rotatable bonds is 2. The summed E-state index contributed by atoms with van der Waals surface area (Å²) in [6.45, 7) is 0. The first kappa shape index (κ1) is 15.5. The van der Waals surface area contributed by atoms with Crippen molar-refractivity contribution in [3.63, 3.8) is 0 Å². The molecule has 3 aromatic carbocycles. The quantitative estimate of drug-likeness (QED) is 0.379. The highest BCUT2D eigenvalue weighted by molar-refractivity contribution is 7.26. The van der Waals surface area contributed by atoms with E-state index in [4.69, 9.17) is 4.98 Å². The second-order valence-corrected chi connectivity index (χ2v) is 7.67. The van der Waals surface area contributed by atoms with Crippen LogP contribution in [0.25, 0.3) is 48.4 Å². The van der Waals surface area contributed by atoms with Crippen LogP contribution < -0.4 is 0 Å². The summed E-state index contributed by atoms with van der Waals surface area (Å²) in [4.78, 5) is 13.5. The molecule has 0 aliphatic carbocycles. The van der Waals surface area contributed by atoms with Crippen molar-refractivity contribution in [1.29, 1.82) is 0 Å². The van der Waals surface area contributed by atoms with Gasteiger partial charge in [-0.2, -0.15) is 0 Å². The smallest absolute Gasteiger partial charge is 0.181 e. The fourth-order valence-electron chi connectivity index (χ4n) is 3.77. The summed E-state index contributed by atoms with van der Waals surface area (Å²) < 4.78 is 4.67. The van der Waals surface area contributed by atoms with Gasteiger partial charge in [0.05, 0.1) is 6.20 Å². The molecule has 6 rings (SSSR count). The summed E-state index contributed by atoms with van der Waals surface area (Å²) >= 11 is 1.81. The zero-order valence-corrected chi connectivity index (χ0v) is 15.6. The molecule has 4 nitrogen and oxygen atoms in total. The Labute approximate surface area is 164 Å². The Balaban J connectivity index is 1.74. The van der Waals surface area contributed by atoms with Gasteiger partial charge in [-0.3, -0.25) is 4.57 Å². The molecule has 28 heavy (non-hydrogen) atoms. The van der Waals surface area contributed by atoms with Crippen molar-refractivity contribution in [3.8, 4) is 17.1 Å². The number of para-hydroxylation sites is 1. The number of benzene rings is 3. The van der Waals surface area contributed by atoms with Crippen molar-refractivity contribution in [1.82, 2.24) is 19.5 Å². The van der Waals surface area contributed by atoms with E-state index in [1.54, 1.807) is 6.33 Å². The lowest BCUT2D eigenvalue weighted by molar-refractivity contribution is 1.10. The van der Waals surface area contributed by atoms with Gasteiger partial charge < -0.3 is 0 Å². The van der Waals surface area contributed by atoms with E-state index in [-0.39, 0.29) is 0 Å². The zero-order valence-electron chi connectivity index (χ0n) is 14.8. The average molecular weight is 378 g/mol. The highest BCUT2D eigenvalue weighted by Gasteiger charge is 2.18. The van der Waals surface area contributed by atoms with E-state index >= 15 is 0 Å². The molecule has 5 heteroatoms. The number of aromatic nitrogens is 4. The second kappa shape index (κ2) is 5.97. The van der Waals surface area contributed by atoms with Crippen LogP contribution in [0.4, 0.5) is 0 Å². The molecular weight excluding hydrogens is 364 g/mol. The Morgan fingerprint density at radius 1 is 0.786 bits per heavy atom. The lowest BCUT2D eigenvalue weighted by atomic mass is 10.1. The van der Waals surface area contributed by atoms with E-state index in [2.05, 4.69) is 69.1 Å². The Hall–Kier alpha value is -3.57. The molecule has 0 saturated carbocycles. The maximum atomic E-state index is 4.90. The minimum Gasteiger partial charge on any atom is -0.289 e. The van der Waals surface area contributed by atoms with Gasteiger partial charge in [-0.25, -0.2) is 15.0 Å². The average Bonchev–Trinajstić information content (AvgIpc) is 3.33. The largest absolute Gasteiger partial charge is 0.289 e. The first-order valence-corrected chi connectivity index (χ1v) is 9.86. The predicted molar refractivity (Wildman–Crippen MR) is 115 cm³/mol. The Morgan fingerprint density at radius 2 is 1.61 bits per heavy atom.